The van der Waals surface area contributed by atoms with Gasteiger partial charge in [0.1, 0.15) is 11.7 Å². The highest BCUT2D eigenvalue weighted by atomic mass is 16.6. The second-order valence-electron chi connectivity index (χ2n) is 11.3. The minimum absolute atomic E-state index is 0.105. The maximum Gasteiger partial charge on any atom is 0.306 e. The van der Waals surface area contributed by atoms with Crippen molar-refractivity contribution in [3.05, 3.63) is 23.3 Å². The van der Waals surface area contributed by atoms with Crippen molar-refractivity contribution in [2.45, 2.75) is 94.1 Å². The van der Waals surface area contributed by atoms with E-state index in [-0.39, 0.29) is 34.9 Å². The lowest BCUT2D eigenvalue weighted by atomic mass is 9.48. The fraction of sp³-hybridized carbons (Fsp3) is 0.731. The fourth-order valence-electron chi connectivity index (χ4n) is 7.26. The second-order valence-corrected chi connectivity index (χ2v) is 11.3. The predicted octanol–water partition coefficient (Wildman–Crippen LogP) is 2.91. The highest BCUT2D eigenvalue weighted by molar-refractivity contribution is 5.69. The zero-order valence-electron chi connectivity index (χ0n) is 20.6. The van der Waals surface area contributed by atoms with Gasteiger partial charge in [0.25, 0.3) is 0 Å². The molecule has 2 aliphatic heterocycles. The van der Waals surface area contributed by atoms with E-state index >= 15 is 0 Å². The number of aromatic hydroxyl groups is 1. The Labute approximate surface area is 196 Å². The van der Waals surface area contributed by atoms with Crippen molar-refractivity contribution in [1.82, 2.24) is 10.2 Å². The van der Waals surface area contributed by atoms with Gasteiger partial charge in [0.2, 0.25) is 0 Å². The third kappa shape index (κ3) is 3.30. The first-order valence-corrected chi connectivity index (χ1v) is 12.4. The Balaban J connectivity index is 1.40. The number of phenolic OH excluding ortho intramolecular Hbond substituents is 1. The number of carbonyl (C=O) groups is 1. The van der Waals surface area contributed by atoms with Crippen LogP contribution in [0.1, 0.15) is 64.0 Å². The standard InChI is InChI=1S/C26H38N2O5/c1-24(2,3)33-20(30)7-6-13-27-17-10-11-26(31-5)19-15-16-8-9-18(29)22-21(16)25(26,23(17)32-22)12-14-28(19)4/h8-9,17,19,23,27,29H,6-7,10-15H2,1-5H3/t17-,19+,23-,25-,26+/m0/s1. The van der Waals surface area contributed by atoms with E-state index in [4.69, 9.17) is 14.2 Å². The van der Waals surface area contributed by atoms with E-state index in [0.29, 0.717) is 18.2 Å². The number of nitrogens with zero attached hydrogens (tertiary/aromatic N) is 1. The number of benzene rings is 1. The molecule has 0 radical (unpaired) electrons. The molecule has 2 heterocycles. The number of carbonyl (C=O) groups excluding carboxylic acids is 1. The molecular weight excluding hydrogens is 420 g/mol. The molecule has 5 rings (SSSR count). The molecule has 1 spiro atoms. The van der Waals surface area contributed by atoms with Crippen LogP contribution in [0, 0.1) is 0 Å². The number of hydrogen-bond acceptors (Lipinski definition) is 7. The second kappa shape index (κ2) is 7.85. The summed E-state index contributed by atoms with van der Waals surface area (Å²) in [7, 11) is 4.06. The van der Waals surface area contributed by atoms with Crippen molar-refractivity contribution in [3.63, 3.8) is 0 Å². The van der Waals surface area contributed by atoms with Crippen LogP contribution in [0.4, 0.5) is 0 Å². The number of likely N-dealkylation sites (N-methyl/N-ethyl adjacent to an activating group) is 1. The van der Waals surface area contributed by atoms with E-state index in [1.165, 1.54) is 11.1 Å². The van der Waals surface area contributed by atoms with Crippen molar-refractivity contribution in [3.8, 4) is 11.5 Å². The largest absolute Gasteiger partial charge is 0.504 e. The lowest BCUT2D eigenvalue weighted by Crippen LogP contribution is -2.78. The Bertz CT molecular complexity index is 943. The van der Waals surface area contributed by atoms with Gasteiger partial charge in [-0.1, -0.05) is 6.07 Å². The van der Waals surface area contributed by atoms with E-state index in [1.807, 2.05) is 27.9 Å². The van der Waals surface area contributed by atoms with Gasteiger partial charge in [-0.05, 0) is 84.6 Å². The summed E-state index contributed by atoms with van der Waals surface area (Å²) in [6.07, 6.45) is 4.74. The van der Waals surface area contributed by atoms with Crippen molar-refractivity contribution < 1.29 is 24.1 Å². The number of esters is 1. The normalized spacial score (nSPS) is 34.5. The number of hydrogen-bond donors (Lipinski definition) is 2. The molecule has 4 aliphatic rings. The summed E-state index contributed by atoms with van der Waals surface area (Å²) in [4.78, 5) is 14.5. The Morgan fingerprint density at radius 1 is 1.33 bits per heavy atom. The zero-order chi connectivity index (χ0) is 23.6. The summed E-state index contributed by atoms with van der Waals surface area (Å²) >= 11 is 0. The number of ether oxygens (including phenoxy) is 3. The minimum atomic E-state index is -0.453. The van der Waals surface area contributed by atoms with Gasteiger partial charge in [-0.2, -0.15) is 0 Å². The van der Waals surface area contributed by atoms with E-state index in [2.05, 4.69) is 23.3 Å². The topological polar surface area (TPSA) is 80.3 Å². The quantitative estimate of drug-likeness (QED) is 0.501. The molecule has 33 heavy (non-hydrogen) atoms. The van der Waals surface area contributed by atoms with E-state index in [0.717, 1.165) is 45.2 Å². The Morgan fingerprint density at radius 2 is 2.12 bits per heavy atom. The molecule has 7 heteroatoms. The predicted molar refractivity (Wildman–Crippen MR) is 125 cm³/mol. The molecule has 0 aromatic heterocycles. The number of likely N-dealkylation sites (tertiary alicyclic amines) is 1. The van der Waals surface area contributed by atoms with Crippen molar-refractivity contribution in [2.24, 2.45) is 0 Å². The van der Waals surface area contributed by atoms with Crippen molar-refractivity contribution >= 4 is 5.97 Å². The summed E-state index contributed by atoms with van der Waals surface area (Å²) < 4.78 is 18.5. The van der Waals surface area contributed by atoms with E-state index < -0.39 is 5.60 Å². The minimum Gasteiger partial charge on any atom is -0.504 e. The number of piperidine rings is 1. The highest BCUT2D eigenvalue weighted by Gasteiger charge is 2.73. The van der Waals surface area contributed by atoms with Gasteiger partial charge in [0.15, 0.2) is 11.5 Å². The van der Waals surface area contributed by atoms with Crippen molar-refractivity contribution in [2.75, 3.05) is 27.2 Å². The molecule has 1 aromatic rings. The summed E-state index contributed by atoms with van der Waals surface area (Å²) in [6, 6.07) is 4.28. The molecule has 2 fully saturated rings. The van der Waals surface area contributed by atoms with Gasteiger partial charge in [-0.15, -0.1) is 0 Å². The monoisotopic (exact) mass is 458 g/mol. The van der Waals surface area contributed by atoms with Crippen LogP contribution in [-0.4, -0.2) is 72.6 Å². The van der Waals surface area contributed by atoms with E-state index in [9.17, 15) is 9.90 Å². The third-order valence-electron chi connectivity index (χ3n) is 8.44. The average Bonchev–Trinajstić information content (AvgIpc) is 3.10. The molecule has 2 N–H and O–H groups in total. The van der Waals surface area contributed by atoms with Gasteiger partial charge in [0, 0.05) is 31.2 Å². The summed E-state index contributed by atoms with van der Waals surface area (Å²) in [5.41, 5.74) is 1.40. The van der Waals surface area contributed by atoms with Crippen LogP contribution >= 0.6 is 0 Å². The molecule has 2 aliphatic carbocycles. The maximum absolute atomic E-state index is 12.1. The van der Waals surface area contributed by atoms with Gasteiger partial charge in [-0.3, -0.25) is 4.79 Å². The Hall–Kier alpha value is -1.83. The highest BCUT2D eigenvalue weighted by Crippen LogP contribution is 2.66. The van der Waals surface area contributed by atoms with Gasteiger partial charge in [-0.25, -0.2) is 0 Å². The number of phenols is 1. The maximum atomic E-state index is 12.1. The fourth-order valence-corrected chi connectivity index (χ4v) is 7.26. The lowest BCUT2D eigenvalue weighted by molar-refractivity contribution is -0.203. The molecule has 5 atom stereocenters. The first kappa shape index (κ1) is 22.9. The molecule has 0 unspecified atom stereocenters. The van der Waals surface area contributed by atoms with Gasteiger partial charge < -0.3 is 29.5 Å². The summed E-state index contributed by atoms with van der Waals surface area (Å²) in [5, 5.41) is 14.4. The van der Waals surface area contributed by atoms with Crippen LogP contribution in [0.2, 0.25) is 0 Å². The van der Waals surface area contributed by atoms with Crippen molar-refractivity contribution in [1.29, 1.82) is 0 Å². The summed E-state index contributed by atoms with van der Waals surface area (Å²) in [6.45, 7) is 7.38. The zero-order valence-corrected chi connectivity index (χ0v) is 20.6. The van der Waals surface area contributed by atoms with Crippen LogP contribution in [0.25, 0.3) is 0 Å². The SMILES string of the molecule is CO[C@@]12CC[C@H](NCCCC(=O)OC(C)(C)C)[C@@H]3Oc4c(O)ccc5c4[C@@]31CCN(C)[C@@H]2C5. The number of nitrogens with one attached hydrogen (secondary N) is 1. The van der Waals surface area contributed by atoms with Crippen LogP contribution < -0.4 is 10.1 Å². The molecule has 1 aromatic carbocycles. The molecule has 1 saturated heterocycles. The number of methoxy groups -OCH3 is 1. The molecule has 2 bridgehead atoms. The summed E-state index contributed by atoms with van der Waals surface area (Å²) in [5.74, 6) is 0.724. The first-order valence-electron chi connectivity index (χ1n) is 12.4. The van der Waals surface area contributed by atoms with Gasteiger partial charge >= 0.3 is 5.97 Å². The molecule has 182 valence electrons. The molecule has 1 saturated carbocycles. The van der Waals surface area contributed by atoms with Crippen LogP contribution in [0.3, 0.4) is 0 Å². The van der Waals surface area contributed by atoms with E-state index in [1.54, 1.807) is 6.07 Å². The Kier molecular flexibility index (Phi) is 5.46. The van der Waals surface area contributed by atoms with Gasteiger partial charge in [0.05, 0.1) is 11.0 Å². The van der Waals surface area contributed by atoms with Crippen LogP contribution in [0.5, 0.6) is 11.5 Å². The van der Waals surface area contributed by atoms with Crippen LogP contribution in [-0.2, 0) is 26.1 Å². The smallest absolute Gasteiger partial charge is 0.306 e. The molecule has 7 nitrogen and oxygen atoms in total. The Morgan fingerprint density at radius 3 is 2.85 bits per heavy atom. The third-order valence-corrected chi connectivity index (χ3v) is 8.44. The van der Waals surface area contributed by atoms with Crippen LogP contribution in [0.15, 0.2) is 12.1 Å². The lowest BCUT2D eigenvalue weighted by Gasteiger charge is -2.65. The first-order chi connectivity index (χ1) is 15.6. The molecular formula is C26H38N2O5. The molecule has 0 amide bonds. The average molecular weight is 459 g/mol. The number of rotatable bonds is 6.